The number of aromatic amines is 2. The van der Waals surface area contributed by atoms with Crippen molar-refractivity contribution in [2.45, 2.75) is 6.92 Å². The molecule has 0 bridgehead atoms. The third-order valence-corrected chi connectivity index (χ3v) is 3.15. The molecule has 3 N–H and O–H groups in total. The van der Waals surface area contributed by atoms with Crippen molar-refractivity contribution >= 4 is 22.7 Å². The predicted octanol–water partition coefficient (Wildman–Crippen LogP) is 2.13. The molecule has 0 radical (unpaired) electrons. The van der Waals surface area contributed by atoms with E-state index in [2.05, 4.69) is 15.0 Å². The number of carboxylic acids is 1. The van der Waals surface area contributed by atoms with Gasteiger partial charge >= 0.3 is 5.97 Å². The Kier molecular flexibility index (Phi) is 2.64. The molecule has 0 unspecified atom stereocenters. The minimum atomic E-state index is -1.21. The zero-order valence-electron chi connectivity index (χ0n) is 10.6. The summed E-state index contributed by atoms with van der Waals surface area (Å²) >= 11 is 0. The first-order valence-electron chi connectivity index (χ1n) is 5.97. The smallest absolute Gasteiger partial charge is 0.354 e. The van der Waals surface area contributed by atoms with Crippen LogP contribution in [0.3, 0.4) is 0 Å². The summed E-state index contributed by atoms with van der Waals surface area (Å²) in [6, 6.07) is 5.70. The maximum Gasteiger partial charge on any atom is 0.354 e. The number of aryl methyl sites for hydroxylation is 1. The highest BCUT2D eigenvalue weighted by Gasteiger charge is 2.23. The van der Waals surface area contributed by atoms with Gasteiger partial charge in [-0.15, -0.1) is 0 Å². The van der Waals surface area contributed by atoms with E-state index in [0.717, 1.165) is 16.5 Å². The van der Waals surface area contributed by atoms with Crippen molar-refractivity contribution in [2.75, 3.05) is 0 Å². The molecule has 2 aromatic heterocycles. The van der Waals surface area contributed by atoms with Crippen LogP contribution in [-0.4, -0.2) is 31.8 Å². The molecule has 100 valence electrons. The molecule has 3 rings (SSSR count). The van der Waals surface area contributed by atoms with Gasteiger partial charge < -0.3 is 15.1 Å². The van der Waals surface area contributed by atoms with Crippen molar-refractivity contribution in [3.05, 3.63) is 53.2 Å². The second-order valence-corrected chi connectivity index (χ2v) is 4.51. The molecule has 1 aromatic carbocycles. The van der Waals surface area contributed by atoms with Crippen LogP contribution >= 0.6 is 0 Å². The lowest BCUT2D eigenvalue weighted by Gasteiger charge is -1.99. The highest BCUT2D eigenvalue weighted by atomic mass is 16.4. The van der Waals surface area contributed by atoms with Crippen LogP contribution in [0.25, 0.3) is 10.9 Å². The number of carbonyl (C=O) groups excluding carboxylic acids is 1. The predicted molar refractivity (Wildman–Crippen MR) is 72.0 cm³/mol. The van der Waals surface area contributed by atoms with Gasteiger partial charge in [-0.25, -0.2) is 9.78 Å². The number of nitrogens with zero attached hydrogens (tertiary/aromatic N) is 1. The Hall–Kier alpha value is -2.89. The molecular formula is C14H11N3O3. The van der Waals surface area contributed by atoms with Crippen LogP contribution in [0.5, 0.6) is 0 Å². The average Bonchev–Trinajstić information content (AvgIpc) is 3.04. The number of fused-ring (bicyclic) bond motifs is 1. The van der Waals surface area contributed by atoms with Crippen molar-refractivity contribution in [1.82, 2.24) is 15.0 Å². The van der Waals surface area contributed by atoms with Crippen molar-refractivity contribution in [3.8, 4) is 0 Å². The molecule has 0 aliphatic heterocycles. The number of aromatic carboxylic acids is 1. The zero-order chi connectivity index (χ0) is 14.3. The van der Waals surface area contributed by atoms with Gasteiger partial charge in [0, 0.05) is 22.7 Å². The molecule has 20 heavy (non-hydrogen) atoms. The number of imidazole rings is 1. The number of carboxylic acid groups (broad SMARTS) is 1. The summed E-state index contributed by atoms with van der Waals surface area (Å²) < 4.78 is 0. The summed E-state index contributed by atoms with van der Waals surface area (Å²) in [6.07, 6.45) is 2.78. The van der Waals surface area contributed by atoms with E-state index in [9.17, 15) is 9.59 Å². The van der Waals surface area contributed by atoms with Crippen LogP contribution in [0.1, 0.15) is 32.1 Å². The van der Waals surface area contributed by atoms with E-state index in [1.165, 1.54) is 6.33 Å². The number of nitrogens with one attached hydrogen (secondary N) is 2. The van der Waals surface area contributed by atoms with E-state index in [4.69, 9.17) is 5.11 Å². The first-order valence-corrected chi connectivity index (χ1v) is 5.97. The number of hydrogen-bond donors (Lipinski definition) is 3. The van der Waals surface area contributed by atoms with E-state index >= 15 is 0 Å². The van der Waals surface area contributed by atoms with Crippen LogP contribution in [0.15, 0.2) is 30.7 Å². The van der Waals surface area contributed by atoms with E-state index in [0.29, 0.717) is 5.56 Å². The Morgan fingerprint density at radius 2 is 2.05 bits per heavy atom. The van der Waals surface area contributed by atoms with E-state index in [1.54, 1.807) is 6.20 Å². The lowest BCUT2D eigenvalue weighted by atomic mass is 10.0. The monoisotopic (exact) mass is 269 g/mol. The van der Waals surface area contributed by atoms with Gasteiger partial charge in [0.15, 0.2) is 5.69 Å². The molecule has 6 nitrogen and oxygen atoms in total. The average molecular weight is 269 g/mol. The normalized spacial score (nSPS) is 10.8. The van der Waals surface area contributed by atoms with Gasteiger partial charge in [0.05, 0.1) is 6.33 Å². The van der Waals surface area contributed by atoms with Crippen LogP contribution in [-0.2, 0) is 0 Å². The Morgan fingerprint density at radius 1 is 1.25 bits per heavy atom. The molecule has 0 fully saturated rings. The van der Waals surface area contributed by atoms with Crippen LogP contribution in [0, 0.1) is 6.92 Å². The topological polar surface area (TPSA) is 98.8 Å². The lowest BCUT2D eigenvalue weighted by molar-refractivity contribution is 0.0687. The number of H-pyrrole nitrogens is 2. The Labute approximate surface area is 113 Å². The Morgan fingerprint density at radius 3 is 2.80 bits per heavy atom. The number of rotatable bonds is 3. The number of aromatic nitrogens is 3. The minimum Gasteiger partial charge on any atom is -0.477 e. The third kappa shape index (κ3) is 1.78. The van der Waals surface area contributed by atoms with Gasteiger partial charge in [0.1, 0.15) is 5.69 Å². The summed E-state index contributed by atoms with van der Waals surface area (Å²) in [5.41, 5.74) is 1.98. The number of hydrogen-bond acceptors (Lipinski definition) is 3. The van der Waals surface area contributed by atoms with Gasteiger partial charge in [0.2, 0.25) is 5.78 Å². The number of carbonyl (C=O) groups is 2. The van der Waals surface area contributed by atoms with Crippen molar-refractivity contribution in [1.29, 1.82) is 0 Å². The molecule has 6 heteroatoms. The van der Waals surface area contributed by atoms with Crippen molar-refractivity contribution in [3.63, 3.8) is 0 Å². The molecule has 0 aliphatic rings. The van der Waals surface area contributed by atoms with Gasteiger partial charge in [-0.05, 0) is 19.1 Å². The summed E-state index contributed by atoms with van der Waals surface area (Å²) in [4.78, 5) is 32.8. The molecule has 0 spiro atoms. The maximum absolute atomic E-state index is 12.5. The first-order chi connectivity index (χ1) is 9.58. The van der Waals surface area contributed by atoms with Crippen LogP contribution < -0.4 is 0 Å². The van der Waals surface area contributed by atoms with E-state index in [-0.39, 0.29) is 11.4 Å². The molecule has 0 atom stereocenters. The molecule has 0 saturated carbocycles. The van der Waals surface area contributed by atoms with Gasteiger partial charge in [-0.3, -0.25) is 4.79 Å². The fourth-order valence-corrected chi connectivity index (χ4v) is 2.18. The number of ketones is 1. The van der Waals surface area contributed by atoms with Crippen molar-refractivity contribution in [2.24, 2.45) is 0 Å². The van der Waals surface area contributed by atoms with Crippen molar-refractivity contribution < 1.29 is 14.7 Å². The Bertz CT molecular complexity index is 829. The molecule has 0 amide bonds. The summed E-state index contributed by atoms with van der Waals surface area (Å²) in [5.74, 6) is -1.62. The highest BCUT2D eigenvalue weighted by Crippen LogP contribution is 2.22. The number of benzene rings is 1. The molecular weight excluding hydrogens is 258 g/mol. The largest absolute Gasteiger partial charge is 0.477 e. The lowest BCUT2D eigenvalue weighted by Crippen LogP contribution is -2.09. The highest BCUT2D eigenvalue weighted by molar-refractivity contribution is 6.18. The quantitative estimate of drug-likeness (QED) is 0.634. The van der Waals surface area contributed by atoms with Crippen LogP contribution in [0.4, 0.5) is 0 Å². The Balaban J connectivity index is 2.15. The first kappa shape index (κ1) is 12.2. The van der Waals surface area contributed by atoms with E-state index in [1.807, 2.05) is 25.1 Å². The fourth-order valence-electron chi connectivity index (χ4n) is 2.18. The molecule has 0 saturated heterocycles. The third-order valence-electron chi connectivity index (χ3n) is 3.15. The van der Waals surface area contributed by atoms with Crippen LogP contribution in [0.2, 0.25) is 0 Å². The fraction of sp³-hybridized carbons (Fsp3) is 0.0714. The summed E-state index contributed by atoms with van der Waals surface area (Å²) in [7, 11) is 0. The zero-order valence-corrected chi connectivity index (χ0v) is 10.6. The van der Waals surface area contributed by atoms with Gasteiger partial charge in [-0.1, -0.05) is 11.6 Å². The second kappa shape index (κ2) is 4.34. The second-order valence-electron chi connectivity index (χ2n) is 4.51. The summed E-state index contributed by atoms with van der Waals surface area (Å²) in [6.45, 7) is 1.93. The molecule has 0 aliphatic carbocycles. The summed E-state index contributed by atoms with van der Waals surface area (Å²) in [5, 5.41) is 9.79. The maximum atomic E-state index is 12.5. The minimum absolute atomic E-state index is 0.0834. The molecule has 3 aromatic rings. The SMILES string of the molecule is Cc1ccc2[nH]cc(C(=O)c3nc[nH]c3C(=O)O)c2c1. The molecule has 2 heterocycles. The van der Waals surface area contributed by atoms with Gasteiger partial charge in [-0.2, -0.15) is 0 Å². The standard InChI is InChI=1S/C14H11N3O3/c1-7-2-3-10-8(4-7)9(5-15-10)13(18)11-12(14(19)20)17-6-16-11/h2-6,15H,1H3,(H,16,17)(H,19,20). The van der Waals surface area contributed by atoms with Gasteiger partial charge in [0.25, 0.3) is 0 Å². The van der Waals surface area contributed by atoms with E-state index < -0.39 is 11.8 Å².